The Balaban J connectivity index is 1.69. The predicted octanol–water partition coefficient (Wildman–Crippen LogP) is 4.02. The van der Waals surface area contributed by atoms with Crippen LogP contribution in [0, 0.1) is 13.8 Å². The van der Waals surface area contributed by atoms with Gasteiger partial charge in [-0.05, 0) is 55.3 Å². The fourth-order valence-electron chi connectivity index (χ4n) is 2.27. The molecule has 2 rings (SSSR count). The molecule has 132 valence electrons. The maximum Gasteiger partial charge on any atom is 0.309 e. The molecule has 0 aliphatic carbocycles. The number of rotatable bonds is 7. The Morgan fingerprint density at radius 2 is 1.80 bits per heavy atom. The van der Waals surface area contributed by atoms with Gasteiger partial charge in [0.2, 0.25) is 0 Å². The lowest BCUT2D eigenvalue weighted by Gasteiger charge is -2.09. The zero-order chi connectivity index (χ0) is 18.2. The molecule has 0 spiro atoms. The zero-order valence-corrected chi connectivity index (χ0v) is 15.8. The highest BCUT2D eigenvalue weighted by Gasteiger charge is 2.09. The summed E-state index contributed by atoms with van der Waals surface area (Å²) in [4.78, 5) is 23.5. The third-order valence-electron chi connectivity index (χ3n) is 3.24. The van der Waals surface area contributed by atoms with Gasteiger partial charge in [0.25, 0.3) is 5.91 Å². The van der Waals surface area contributed by atoms with E-state index in [2.05, 4.69) is 21.2 Å². The van der Waals surface area contributed by atoms with Gasteiger partial charge in [0.05, 0.1) is 13.0 Å². The molecular weight excluding hydrogens is 386 g/mol. The largest absolute Gasteiger partial charge is 0.493 e. The number of ether oxygens (including phenoxy) is 2. The lowest BCUT2D eigenvalue weighted by atomic mass is 10.1. The average Bonchev–Trinajstić information content (AvgIpc) is 2.52. The first-order valence-electron chi connectivity index (χ1n) is 7.84. The van der Waals surface area contributed by atoms with Crippen LogP contribution in [0.15, 0.2) is 46.9 Å². The molecule has 0 aliphatic heterocycles. The highest BCUT2D eigenvalue weighted by Crippen LogP contribution is 2.18. The lowest BCUT2D eigenvalue weighted by molar-refractivity contribution is -0.147. The van der Waals surface area contributed by atoms with E-state index in [9.17, 15) is 9.59 Å². The number of nitrogens with one attached hydrogen (secondary N) is 1. The molecule has 0 atom stereocenters. The van der Waals surface area contributed by atoms with Crippen molar-refractivity contribution in [3.63, 3.8) is 0 Å². The van der Waals surface area contributed by atoms with Crippen molar-refractivity contribution in [2.24, 2.45) is 0 Å². The number of carbonyl (C=O) groups excluding carboxylic acids is 2. The quantitative estimate of drug-likeness (QED) is 0.706. The van der Waals surface area contributed by atoms with Gasteiger partial charge >= 0.3 is 5.97 Å². The number of hydrogen-bond acceptors (Lipinski definition) is 4. The normalized spacial score (nSPS) is 10.2. The molecular formula is C19H20BrNO4. The first-order valence-corrected chi connectivity index (χ1v) is 8.64. The smallest absolute Gasteiger partial charge is 0.309 e. The maximum absolute atomic E-state index is 11.8. The second-order valence-electron chi connectivity index (χ2n) is 5.64. The number of aryl methyl sites for hydroxylation is 2. The van der Waals surface area contributed by atoms with Gasteiger partial charge < -0.3 is 14.8 Å². The van der Waals surface area contributed by atoms with E-state index in [1.807, 2.05) is 50.2 Å². The van der Waals surface area contributed by atoms with Crippen molar-refractivity contribution in [1.29, 1.82) is 0 Å². The number of amides is 1. The van der Waals surface area contributed by atoms with Crippen LogP contribution >= 0.6 is 15.9 Å². The number of anilines is 1. The van der Waals surface area contributed by atoms with Crippen molar-refractivity contribution in [2.45, 2.75) is 20.3 Å². The van der Waals surface area contributed by atoms with Crippen molar-refractivity contribution < 1.29 is 19.1 Å². The lowest BCUT2D eigenvalue weighted by Crippen LogP contribution is -2.21. The van der Waals surface area contributed by atoms with Crippen molar-refractivity contribution in [3.05, 3.63) is 58.1 Å². The Kier molecular flexibility index (Phi) is 7.01. The molecule has 0 aromatic heterocycles. The molecule has 0 radical (unpaired) electrons. The second-order valence-corrected chi connectivity index (χ2v) is 6.56. The van der Waals surface area contributed by atoms with Crippen LogP contribution in [0.1, 0.15) is 17.5 Å². The van der Waals surface area contributed by atoms with Crippen molar-refractivity contribution in [2.75, 3.05) is 18.5 Å². The third kappa shape index (κ3) is 6.97. The van der Waals surface area contributed by atoms with Crippen LogP contribution in [0.5, 0.6) is 5.75 Å². The molecule has 0 saturated carbocycles. The molecule has 1 N–H and O–H groups in total. The Labute approximate surface area is 155 Å². The number of esters is 1. The molecule has 0 unspecified atom stereocenters. The SMILES string of the molecule is Cc1cc(C)cc(NC(=O)COC(=O)CCOc2cccc(Br)c2)c1. The summed E-state index contributed by atoms with van der Waals surface area (Å²) < 4.78 is 11.3. The Morgan fingerprint density at radius 1 is 1.08 bits per heavy atom. The van der Waals surface area contributed by atoms with Crippen LogP contribution in [0.3, 0.4) is 0 Å². The fraction of sp³-hybridized carbons (Fsp3) is 0.263. The summed E-state index contributed by atoms with van der Waals surface area (Å²) in [5.41, 5.74) is 2.80. The van der Waals surface area contributed by atoms with Crippen molar-refractivity contribution in [1.82, 2.24) is 0 Å². The molecule has 0 bridgehead atoms. The van der Waals surface area contributed by atoms with Gasteiger partial charge in [0.1, 0.15) is 5.75 Å². The van der Waals surface area contributed by atoms with E-state index in [1.54, 1.807) is 6.07 Å². The first-order chi connectivity index (χ1) is 11.9. The van der Waals surface area contributed by atoms with E-state index < -0.39 is 5.97 Å². The first kappa shape index (κ1) is 19.0. The van der Waals surface area contributed by atoms with Crippen LogP contribution in [0.4, 0.5) is 5.69 Å². The number of benzene rings is 2. The molecule has 2 aromatic rings. The standard InChI is InChI=1S/C19H20BrNO4/c1-13-8-14(2)10-16(9-13)21-18(22)12-25-19(23)6-7-24-17-5-3-4-15(20)11-17/h3-5,8-11H,6-7,12H2,1-2H3,(H,21,22). The van der Waals surface area contributed by atoms with Crippen LogP contribution in [0.2, 0.25) is 0 Å². The van der Waals surface area contributed by atoms with Gasteiger partial charge in [-0.3, -0.25) is 9.59 Å². The molecule has 25 heavy (non-hydrogen) atoms. The Bertz CT molecular complexity index is 741. The topological polar surface area (TPSA) is 64.6 Å². The van der Waals surface area contributed by atoms with E-state index >= 15 is 0 Å². The number of carbonyl (C=O) groups is 2. The van der Waals surface area contributed by atoms with E-state index in [0.717, 1.165) is 15.6 Å². The van der Waals surface area contributed by atoms with E-state index in [4.69, 9.17) is 9.47 Å². The molecule has 0 saturated heterocycles. The van der Waals surface area contributed by atoms with Gasteiger partial charge in [-0.25, -0.2) is 0 Å². The molecule has 0 aliphatic rings. The summed E-state index contributed by atoms with van der Waals surface area (Å²) >= 11 is 3.34. The molecule has 5 nitrogen and oxygen atoms in total. The zero-order valence-electron chi connectivity index (χ0n) is 14.2. The Hall–Kier alpha value is -2.34. The molecule has 0 heterocycles. The average molecular weight is 406 g/mol. The molecule has 1 amide bonds. The van der Waals surface area contributed by atoms with Crippen LogP contribution in [-0.4, -0.2) is 25.1 Å². The van der Waals surface area contributed by atoms with Gasteiger partial charge in [-0.2, -0.15) is 0 Å². The van der Waals surface area contributed by atoms with Crippen molar-refractivity contribution >= 4 is 33.5 Å². The Morgan fingerprint density at radius 3 is 2.48 bits per heavy atom. The summed E-state index contributed by atoms with van der Waals surface area (Å²) in [7, 11) is 0. The van der Waals surface area contributed by atoms with Gasteiger partial charge in [-0.1, -0.05) is 28.1 Å². The summed E-state index contributed by atoms with van der Waals surface area (Å²) in [6.45, 7) is 3.78. The summed E-state index contributed by atoms with van der Waals surface area (Å²) in [6, 6.07) is 13.1. The van der Waals surface area contributed by atoms with E-state index in [0.29, 0.717) is 11.4 Å². The maximum atomic E-state index is 11.8. The summed E-state index contributed by atoms with van der Waals surface area (Å²) in [5.74, 6) is -0.188. The minimum absolute atomic E-state index is 0.0728. The summed E-state index contributed by atoms with van der Waals surface area (Å²) in [6.07, 6.45) is 0.0728. The minimum atomic E-state index is -0.481. The molecule has 2 aromatic carbocycles. The van der Waals surface area contributed by atoms with Gasteiger partial charge in [0, 0.05) is 10.2 Å². The van der Waals surface area contributed by atoms with E-state index in [-0.39, 0.29) is 25.5 Å². The van der Waals surface area contributed by atoms with E-state index in [1.165, 1.54) is 0 Å². The van der Waals surface area contributed by atoms with Gasteiger partial charge in [0.15, 0.2) is 6.61 Å². The molecule has 6 heteroatoms. The minimum Gasteiger partial charge on any atom is -0.493 e. The van der Waals surface area contributed by atoms with Crippen LogP contribution in [-0.2, 0) is 14.3 Å². The monoisotopic (exact) mass is 405 g/mol. The van der Waals surface area contributed by atoms with Crippen LogP contribution in [0.25, 0.3) is 0 Å². The number of halogens is 1. The molecule has 0 fully saturated rings. The predicted molar refractivity (Wildman–Crippen MR) is 99.8 cm³/mol. The summed E-state index contributed by atoms with van der Waals surface area (Å²) in [5, 5.41) is 2.71. The second kappa shape index (κ2) is 9.22. The fourth-order valence-corrected chi connectivity index (χ4v) is 2.65. The highest BCUT2D eigenvalue weighted by molar-refractivity contribution is 9.10. The third-order valence-corrected chi connectivity index (χ3v) is 3.73. The number of hydrogen-bond donors (Lipinski definition) is 1. The highest BCUT2D eigenvalue weighted by atomic mass is 79.9. The van der Waals surface area contributed by atoms with Crippen LogP contribution < -0.4 is 10.1 Å². The van der Waals surface area contributed by atoms with Crippen molar-refractivity contribution in [3.8, 4) is 5.75 Å². The van der Waals surface area contributed by atoms with Gasteiger partial charge in [-0.15, -0.1) is 0 Å².